The SMILES string of the molecule is CNCC(=S)N1CSCC1C=O. The maximum atomic E-state index is 10.6. The van der Waals surface area contributed by atoms with Crippen molar-refractivity contribution in [3.63, 3.8) is 0 Å². The zero-order valence-electron chi connectivity index (χ0n) is 6.95. The molecule has 1 aliphatic heterocycles. The van der Waals surface area contributed by atoms with E-state index in [1.807, 2.05) is 11.9 Å². The van der Waals surface area contributed by atoms with E-state index < -0.39 is 0 Å². The number of thioether (sulfide) groups is 1. The lowest BCUT2D eigenvalue weighted by Crippen LogP contribution is -2.40. The maximum absolute atomic E-state index is 10.6. The van der Waals surface area contributed by atoms with Gasteiger partial charge in [0.1, 0.15) is 6.29 Å². The van der Waals surface area contributed by atoms with Crippen molar-refractivity contribution in [1.29, 1.82) is 0 Å². The van der Waals surface area contributed by atoms with E-state index in [0.29, 0.717) is 6.54 Å². The van der Waals surface area contributed by atoms with Gasteiger partial charge < -0.3 is 15.0 Å². The summed E-state index contributed by atoms with van der Waals surface area (Å²) in [6, 6.07) is -0.00384. The molecule has 1 N–H and O–H groups in total. The van der Waals surface area contributed by atoms with Gasteiger partial charge in [0.15, 0.2) is 0 Å². The summed E-state index contributed by atoms with van der Waals surface area (Å²) < 4.78 is 0. The molecule has 0 radical (unpaired) electrons. The van der Waals surface area contributed by atoms with Crippen molar-refractivity contribution < 1.29 is 4.79 Å². The van der Waals surface area contributed by atoms with Crippen LogP contribution >= 0.6 is 24.0 Å². The molecule has 1 unspecified atom stereocenters. The van der Waals surface area contributed by atoms with Crippen molar-refractivity contribution in [2.24, 2.45) is 0 Å². The van der Waals surface area contributed by atoms with Crippen molar-refractivity contribution in [2.45, 2.75) is 6.04 Å². The van der Waals surface area contributed by atoms with Gasteiger partial charge in [-0.15, -0.1) is 11.8 Å². The van der Waals surface area contributed by atoms with Crippen LogP contribution in [0.4, 0.5) is 0 Å². The first kappa shape index (κ1) is 9.95. The topological polar surface area (TPSA) is 32.3 Å². The molecule has 12 heavy (non-hydrogen) atoms. The second-order valence-electron chi connectivity index (χ2n) is 2.60. The molecule has 1 rings (SSSR count). The summed E-state index contributed by atoms with van der Waals surface area (Å²) in [5.74, 6) is 1.72. The lowest BCUT2D eigenvalue weighted by atomic mass is 10.3. The molecule has 0 aromatic heterocycles. The molecule has 0 amide bonds. The fourth-order valence-corrected chi connectivity index (χ4v) is 2.66. The summed E-state index contributed by atoms with van der Waals surface area (Å²) in [5.41, 5.74) is 0. The van der Waals surface area contributed by atoms with Gasteiger partial charge in [-0.3, -0.25) is 0 Å². The minimum atomic E-state index is -0.00384. The summed E-state index contributed by atoms with van der Waals surface area (Å²) in [6.45, 7) is 0.681. The second kappa shape index (κ2) is 4.79. The number of carbonyl (C=O) groups is 1. The number of hydrogen-bond acceptors (Lipinski definition) is 4. The Morgan fingerprint density at radius 2 is 2.67 bits per heavy atom. The predicted molar refractivity (Wildman–Crippen MR) is 55.5 cm³/mol. The van der Waals surface area contributed by atoms with Crippen LogP contribution in [0.5, 0.6) is 0 Å². The van der Waals surface area contributed by atoms with Crippen LogP contribution in [0.2, 0.25) is 0 Å². The zero-order valence-corrected chi connectivity index (χ0v) is 8.58. The van der Waals surface area contributed by atoms with Gasteiger partial charge in [0.05, 0.1) is 16.9 Å². The summed E-state index contributed by atoms with van der Waals surface area (Å²) >= 11 is 6.90. The molecule has 68 valence electrons. The number of hydrogen-bond donors (Lipinski definition) is 1. The van der Waals surface area contributed by atoms with Gasteiger partial charge in [-0.1, -0.05) is 12.2 Å². The molecule has 0 aliphatic carbocycles. The number of nitrogens with zero attached hydrogens (tertiary/aromatic N) is 1. The van der Waals surface area contributed by atoms with Crippen molar-refractivity contribution in [3.05, 3.63) is 0 Å². The van der Waals surface area contributed by atoms with E-state index in [9.17, 15) is 4.79 Å². The monoisotopic (exact) mass is 204 g/mol. The van der Waals surface area contributed by atoms with E-state index in [4.69, 9.17) is 12.2 Å². The van der Waals surface area contributed by atoms with Gasteiger partial charge in [0.2, 0.25) is 0 Å². The van der Waals surface area contributed by atoms with Crippen LogP contribution < -0.4 is 5.32 Å². The lowest BCUT2D eigenvalue weighted by molar-refractivity contribution is -0.110. The smallest absolute Gasteiger partial charge is 0.143 e. The molecule has 0 bridgehead atoms. The Morgan fingerprint density at radius 3 is 3.25 bits per heavy atom. The minimum Gasteiger partial charge on any atom is -0.345 e. The highest BCUT2D eigenvalue weighted by Gasteiger charge is 2.25. The van der Waals surface area contributed by atoms with E-state index in [1.165, 1.54) is 0 Å². The normalized spacial score (nSPS) is 22.8. The standard InChI is InChI=1S/C7H12N2OS2/c1-8-2-7(11)9-5-12-4-6(9)3-10/h3,6,8H,2,4-5H2,1H3. The van der Waals surface area contributed by atoms with Crippen LogP contribution in [0.15, 0.2) is 0 Å². The number of rotatable bonds is 3. The Bertz CT molecular complexity index is 186. The Morgan fingerprint density at radius 1 is 1.92 bits per heavy atom. The number of likely N-dealkylation sites (N-methyl/N-ethyl adjacent to an activating group) is 1. The van der Waals surface area contributed by atoms with E-state index in [2.05, 4.69) is 5.32 Å². The summed E-state index contributed by atoms with van der Waals surface area (Å²) in [6.07, 6.45) is 0.974. The molecule has 0 saturated carbocycles. The molecule has 3 nitrogen and oxygen atoms in total. The fourth-order valence-electron chi connectivity index (χ4n) is 1.08. The lowest BCUT2D eigenvalue weighted by Gasteiger charge is -2.21. The van der Waals surface area contributed by atoms with E-state index >= 15 is 0 Å². The van der Waals surface area contributed by atoms with Crippen LogP contribution in [0.1, 0.15) is 0 Å². The number of carbonyl (C=O) groups excluding carboxylic acids is 1. The molecule has 1 aliphatic rings. The first-order valence-electron chi connectivity index (χ1n) is 3.76. The van der Waals surface area contributed by atoms with Crippen molar-refractivity contribution in [2.75, 3.05) is 25.2 Å². The summed E-state index contributed by atoms with van der Waals surface area (Å²) in [4.78, 5) is 13.4. The number of thiocarbonyl (C=S) groups is 1. The van der Waals surface area contributed by atoms with E-state index in [-0.39, 0.29) is 6.04 Å². The van der Waals surface area contributed by atoms with Crippen LogP contribution in [-0.2, 0) is 4.79 Å². The Balaban J connectivity index is 2.49. The van der Waals surface area contributed by atoms with Crippen molar-refractivity contribution in [1.82, 2.24) is 10.2 Å². The molecule has 1 heterocycles. The van der Waals surface area contributed by atoms with Crippen LogP contribution in [0.25, 0.3) is 0 Å². The largest absolute Gasteiger partial charge is 0.345 e. The Hall–Kier alpha value is -0.130. The number of aldehydes is 1. The third-order valence-corrected chi connectivity index (χ3v) is 3.14. The van der Waals surface area contributed by atoms with Gasteiger partial charge in [-0.05, 0) is 7.05 Å². The molecule has 1 atom stereocenters. The zero-order chi connectivity index (χ0) is 8.97. The predicted octanol–water partition coefficient (Wildman–Crippen LogP) is 0.107. The fraction of sp³-hybridized carbons (Fsp3) is 0.714. The Labute approximate surface area is 81.9 Å². The highest BCUT2D eigenvalue weighted by atomic mass is 32.2. The average molecular weight is 204 g/mol. The molecule has 0 spiro atoms. The molecule has 5 heteroatoms. The third-order valence-electron chi connectivity index (χ3n) is 1.72. The molecular formula is C7H12N2OS2. The van der Waals surface area contributed by atoms with Gasteiger partial charge in [-0.2, -0.15) is 0 Å². The van der Waals surface area contributed by atoms with Crippen LogP contribution in [0, 0.1) is 0 Å². The first-order valence-corrected chi connectivity index (χ1v) is 5.33. The summed E-state index contributed by atoms with van der Waals surface area (Å²) in [5, 5.41) is 2.98. The molecule has 0 aromatic rings. The van der Waals surface area contributed by atoms with Gasteiger partial charge in [0, 0.05) is 12.3 Å². The van der Waals surface area contributed by atoms with Gasteiger partial charge in [0.25, 0.3) is 0 Å². The van der Waals surface area contributed by atoms with Gasteiger partial charge in [-0.25, -0.2) is 0 Å². The molecule has 0 aromatic carbocycles. The molecule has 1 fully saturated rings. The Kier molecular flexibility index (Phi) is 3.97. The first-order chi connectivity index (χ1) is 5.79. The average Bonchev–Trinajstić information content (AvgIpc) is 2.51. The quantitative estimate of drug-likeness (QED) is 0.521. The summed E-state index contributed by atoms with van der Waals surface area (Å²) in [7, 11) is 1.85. The van der Waals surface area contributed by atoms with Crippen LogP contribution in [-0.4, -0.2) is 47.4 Å². The number of nitrogens with one attached hydrogen (secondary N) is 1. The van der Waals surface area contributed by atoms with Crippen molar-refractivity contribution in [3.8, 4) is 0 Å². The van der Waals surface area contributed by atoms with Gasteiger partial charge >= 0.3 is 0 Å². The minimum absolute atomic E-state index is 0.00384. The van der Waals surface area contributed by atoms with Crippen molar-refractivity contribution >= 4 is 35.3 Å². The molecular weight excluding hydrogens is 192 g/mol. The third kappa shape index (κ3) is 2.18. The van der Waals surface area contributed by atoms with Crippen LogP contribution in [0.3, 0.4) is 0 Å². The maximum Gasteiger partial charge on any atom is 0.143 e. The second-order valence-corrected chi connectivity index (χ2v) is 4.07. The van der Waals surface area contributed by atoms with E-state index in [1.54, 1.807) is 11.8 Å². The highest BCUT2D eigenvalue weighted by molar-refractivity contribution is 7.99. The highest BCUT2D eigenvalue weighted by Crippen LogP contribution is 2.19. The van der Waals surface area contributed by atoms with E-state index in [0.717, 1.165) is 22.9 Å². The molecule has 1 saturated heterocycles.